The van der Waals surface area contributed by atoms with Gasteiger partial charge in [0.2, 0.25) is 11.8 Å². The number of alkyl halides is 5. The van der Waals surface area contributed by atoms with Gasteiger partial charge in [-0.1, -0.05) is 18.2 Å². The van der Waals surface area contributed by atoms with Gasteiger partial charge in [0.15, 0.2) is 5.65 Å². The van der Waals surface area contributed by atoms with Crippen LogP contribution in [0.1, 0.15) is 66.2 Å². The topological polar surface area (TPSA) is 88.4 Å². The van der Waals surface area contributed by atoms with Gasteiger partial charge in [0.25, 0.3) is 5.91 Å². The molecule has 1 saturated carbocycles. The van der Waals surface area contributed by atoms with E-state index in [1.807, 2.05) is 0 Å². The molecule has 37 heavy (non-hydrogen) atoms. The molecule has 3 aromatic rings. The first-order valence-corrected chi connectivity index (χ1v) is 11.9. The second kappa shape index (κ2) is 10.8. The zero-order valence-electron chi connectivity index (χ0n) is 19.8. The van der Waals surface area contributed by atoms with Crippen molar-refractivity contribution >= 4 is 17.5 Å². The van der Waals surface area contributed by atoms with Gasteiger partial charge in [-0.15, -0.1) is 0 Å². The smallest absolute Gasteiger partial charge is 0.352 e. The van der Waals surface area contributed by atoms with Crippen LogP contribution in [0.25, 0.3) is 5.65 Å². The summed E-state index contributed by atoms with van der Waals surface area (Å²) >= 11 is 0. The average molecular weight is 524 g/mol. The highest BCUT2D eigenvalue weighted by molar-refractivity contribution is 5.94. The van der Waals surface area contributed by atoms with E-state index in [0.29, 0.717) is 22.5 Å². The third-order valence-corrected chi connectivity index (χ3v) is 6.39. The number of nitrogens with zero attached hydrogens (tertiary/aromatic N) is 3. The molecule has 2 aromatic heterocycles. The highest BCUT2D eigenvalue weighted by Crippen LogP contribution is 2.41. The minimum atomic E-state index is -4.41. The molecule has 0 bridgehead atoms. The third-order valence-electron chi connectivity index (χ3n) is 6.39. The highest BCUT2D eigenvalue weighted by Gasteiger charge is 2.39. The van der Waals surface area contributed by atoms with Crippen molar-refractivity contribution in [2.75, 3.05) is 0 Å². The lowest BCUT2D eigenvalue weighted by Gasteiger charge is -2.33. The summed E-state index contributed by atoms with van der Waals surface area (Å²) in [5.41, 5.74) is 1.79. The normalized spacial score (nSPS) is 16.9. The number of carbonyl (C=O) groups excluding carboxylic acids is 2. The summed E-state index contributed by atoms with van der Waals surface area (Å²) in [6, 6.07) is 9.53. The molecule has 1 atom stereocenters. The van der Waals surface area contributed by atoms with Crippen LogP contribution in [0, 0.1) is 5.92 Å². The number of carbonyl (C=O) groups is 2. The molecule has 0 aliphatic heterocycles. The maximum absolute atomic E-state index is 13.8. The molecule has 0 radical (unpaired) electrons. The van der Waals surface area contributed by atoms with Gasteiger partial charge in [0.05, 0.1) is 30.6 Å². The number of aromatic nitrogens is 3. The molecule has 7 nitrogen and oxygen atoms in total. The van der Waals surface area contributed by atoms with Crippen molar-refractivity contribution in [2.45, 2.75) is 63.2 Å². The van der Waals surface area contributed by atoms with Crippen molar-refractivity contribution in [2.24, 2.45) is 5.92 Å². The van der Waals surface area contributed by atoms with Gasteiger partial charge in [-0.25, -0.2) is 18.3 Å². The predicted octanol–water partition coefficient (Wildman–Crippen LogP) is 4.98. The Bertz CT molecular complexity index is 1240. The number of hydrogen-bond acceptors (Lipinski definition) is 4. The van der Waals surface area contributed by atoms with Crippen molar-refractivity contribution in [3.63, 3.8) is 0 Å². The van der Waals surface area contributed by atoms with Gasteiger partial charge in [-0.3, -0.25) is 9.59 Å². The zero-order chi connectivity index (χ0) is 26.6. The Labute approximate surface area is 209 Å². The lowest BCUT2D eigenvalue weighted by atomic mass is 9.81. The van der Waals surface area contributed by atoms with Crippen molar-refractivity contribution in [3.05, 3.63) is 65.6 Å². The minimum absolute atomic E-state index is 0.0335. The number of nitrogens with one attached hydrogen (secondary N) is 2. The standard InChI is InChI=1S/C25H26F5N5O2/c26-24(27)9-6-17(7-10-24)22(34-23(37)18-4-2-1-3-5-18)19-15-35-20(33-19)12-16(14-32-35)13-31-21(36)8-11-25(28,29)30/h1-5,12,14-15,17,22H,6-11,13H2,(H,31,36)(H,34,37)/t22-/m0/s1. The summed E-state index contributed by atoms with van der Waals surface area (Å²) in [4.78, 5) is 29.2. The Kier molecular flexibility index (Phi) is 7.74. The van der Waals surface area contributed by atoms with Gasteiger partial charge in [0.1, 0.15) is 0 Å². The van der Waals surface area contributed by atoms with Crippen LogP contribution in [-0.4, -0.2) is 38.5 Å². The van der Waals surface area contributed by atoms with E-state index < -0.39 is 36.9 Å². The van der Waals surface area contributed by atoms with Crippen LogP contribution in [0.2, 0.25) is 0 Å². The molecule has 4 rings (SSSR count). The first-order chi connectivity index (χ1) is 17.5. The molecule has 0 spiro atoms. The van der Waals surface area contributed by atoms with Crippen LogP contribution in [-0.2, 0) is 11.3 Å². The van der Waals surface area contributed by atoms with Crippen molar-refractivity contribution in [1.82, 2.24) is 25.2 Å². The van der Waals surface area contributed by atoms with Crippen molar-refractivity contribution in [3.8, 4) is 0 Å². The summed E-state index contributed by atoms with van der Waals surface area (Å²) in [5, 5.41) is 9.62. The quantitative estimate of drug-likeness (QED) is 0.408. The van der Waals surface area contributed by atoms with Crippen LogP contribution in [0.15, 0.2) is 48.8 Å². The Morgan fingerprint density at radius 3 is 2.51 bits per heavy atom. The molecule has 2 N–H and O–H groups in total. The SMILES string of the molecule is O=C(CCC(F)(F)F)NCc1cnn2cc([C@@H](NC(=O)c3ccccc3)C3CCC(F)(F)CC3)nc2c1. The number of rotatable bonds is 8. The molecule has 12 heteroatoms. The van der Waals surface area contributed by atoms with E-state index in [1.54, 1.807) is 42.6 Å². The lowest BCUT2D eigenvalue weighted by Crippen LogP contribution is -2.37. The van der Waals surface area contributed by atoms with Crippen molar-refractivity contribution < 1.29 is 31.5 Å². The third kappa shape index (κ3) is 7.23. The summed E-state index contributed by atoms with van der Waals surface area (Å²) in [6.07, 6.45) is -3.36. The fraction of sp³-hybridized carbons (Fsp3) is 0.440. The molecule has 1 aliphatic carbocycles. The highest BCUT2D eigenvalue weighted by atomic mass is 19.4. The lowest BCUT2D eigenvalue weighted by molar-refractivity contribution is -0.144. The minimum Gasteiger partial charge on any atom is -0.352 e. The van der Waals surface area contributed by atoms with Gasteiger partial charge in [0, 0.05) is 31.4 Å². The van der Waals surface area contributed by atoms with Gasteiger partial charge >= 0.3 is 6.18 Å². The van der Waals surface area contributed by atoms with Crippen LogP contribution >= 0.6 is 0 Å². The van der Waals surface area contributed by atoms with Crippen LogP contribution in [0.5, 0.6) is 0 Å². The van der Waals surface area contributed by atoms with Crippen LogP contribution < -0.4 is 10.6 Å². The summed E-state index contributed by atoms with van der Waals surface area (Å²) in [7, 11) is 0. The molecule has 1 fully saturated rings. The zero-order valence-corrected chi connectivity index (χ0v) is 19.8. The second-order valence-corrected chi connectivity index (χ2v) is 9.23. The Morgan fingerprint density at radius 2 is 1.84 bits per heavy atom. The molecule has 0 saturated heterocycles. The van der Waals surface area contributed by atoms with E-state index in [2.05, 4.69) is 20.7 Å². The van der Waals surface area contributed by atoms with E-state index in [4.69, 9.17) is 0 Å². The fourth-order valence-corrected chi connectivity index (χ4v) is 4.37. The van der Waals surface area contributed by atoms with E-state index >= 15 is 0 Å². The van der Waals surface area contributed by atoms with E-state index in [0.717, 1.165) is 0 Å². The number of halogens is 5. The van der Waals surface area contributed by atoms with Gasteiger partial charge in [-0.05, 0) is 42.5 Å². The predicted molar refractivity (Wildman–Crippen MR) is 124 cm³/mol. The van der Waals surface area contributed by atoms with Crippen LogP contribution in [0.3, 0.4) is 0 Å². The van der Waals surface area contributed by atoms with E-state index in [-0.39, 0.29) is 44.1 Å². The Balaban J connectivity index is 1.51. The summed E-state index contributed by atoms with van der Waals surface area (Å²) in [5.74, 6) is -4.08. The average Bonchev–Trinajstić information content (AvgIpc) is 3.28. The largest absolute Gasteiger partial charge is 0.389 e. The Hall–Kier alpha value is -3.57. The van der Waals surface area contributed by atoms with Crippen LogP contribution in [0.4, 0.5) is 22.0 Å². The number of benzene rings is 1. The molecular formula is C25H26F5N5O2. The summed E-state index contributed by atoms with van der Waals surface area (Å²) < 4.78 is 66.0. The molecule has 1 aromatic carbocycles. The van der Waals surface area contributed by atoms with E-state index in [9.17, 15) is 31.5 Å². The maximum Gasteiger partial charge on any atom is 0.389 e. The molecule has 2 heterocycles. The fourth-order valence-electron chi connectivity index (χ4n) is 4.37. The first kappa shape index (κ1) is 26.5. The first-order valence-electron chi connectivity index (χ1n) is 11.9. The summed E-state index contributed by atoms with van der Waals surface area (Å²) in [6.45, 7) is -0.0335. The molecular weight excluding hydrogens is 497 g/mol. The van der Waals surface area contributed by atoms with Gasteiger partial charge in [-0.2, -0.15) is 18.3 Å². The number of fused-ring (bicyclic) bond motifs is 1. The van der Waals surface area contributed by atoms with Gasteiger partial charge < -0.3 is 10.6 Å². The molecule has 1 aliphatic rings. The Morgan fingerprint density at radius 1 is 1.14 bits per heavy atom. The maximum atomic E-state index is 13.8. The molecule has 0 unspecified atom stereocenters. The second-order valence-electron chi connectivity index (χ2n) is 9.23. The number of hydrogen-bond donors (Lipinski definition) is 2. The number of amides is 2. The van der Waals surface area contributed by atoms with E-state index in [1.165, 1.54) is 10.7 Å². The molecule has 2 amide bonds. The monoisotopic (exact) mass is 523 g/mol. The van der Waals surface area contributed by atoms with Crippen molar-refractivity contribution in [1.29, 1.82) is 0 Å². The number of imidazole rings is 1. The molecule has 198 valence electrons.